The zero-order valence-corrected chi connectivity index (χ0v) is 11.7. The van der Waals surface area contributed by atoms with E-state index < -0.39 is 0 Å². The zero-order valence-electron chi connectivity index (χ0n) is 11.7. The first kappa shape index (κ1) is 13.8. The van der Waals surface area contributed by atoms with Crippen LogP contribution in [-0.2, 0) is 9.53 Å². The van der Waals surface area contributed by atoms with Gasteiger partial charge in [-0.15, -0.1) is 0 Å². The van der Waals surface area contributed by atoms with Gasteiger partial charge in [0, 0.05) is 38.7 Å². The lowest BCUT2D eigenvalue weighted by molar-refractivity contribution is -0.128. The Bertz CT molecular complexity index is 283. The molecular weight excluding hydrogens is 228 g/mol. The van der Waals surface area contributed by atoms with Crippen LogP contribution in [0.1, 0.15) is 45.4 Å². The lowest BCUT2D eigenvalue weighted by Gasteiger charge is -2.34. The molecule has 3 atom stereocenters. The molecule has 1 N–H and O–H groups in total. The molecule has 4 nitrogen and oxygen atoms in total. The maximum Gasteiger partial charge on any atom is 0.222 e. The van der Waals surface area contributed by atoms with Crippen LogP contribution < -0.4 is 5.32 Å². The Labute approximate surface area is 110 Å². The first-order chi connectivity index (χ1) is 8.70. The lowest BCUT2D eigenvalue weighted by Crippen LogP contribution is -2.50. The van der Waals surface area contributed by atoms with Crippen molar-refractivity contribution in [1.29, 1.82) is 0 Å². The Morgan fingerprint density at radius 3 is 2.83 bits per heavy atom. The minimum Gasteiger partial charge on any atom is -0.380 e. The highest BCUT2D eigenvalue weighted by atomic mass is 16.5. The predicted molar refractivity (Wildman–Crippen MR) is 71.5 cm³/mol. The molecule has 1 heterocycles. The van der Waals surface area contributed by atoms with Gasteiger partial charge in [0.2, 0.25) is 5.91 Å². The van der Waals surface area contributed by atoms with Crippen molar-refractivity contribution in [3.63, 3.8) is 0 Å². The van der Waals surface area contributed by atoms with Gasteiger partial charge in [-0.3, -0.25) is 4.79 Å². The number of hydrogen-bond donors (Lipinski definition) is 1. The molecule has 1 saturated carbocycles. The van der Waals surface area contributed by atoms with Gasteiger partial charge in [-0.05, 0) is 26.2 Å². The molecule has 0 aromatic carbocycles. The highest BCUT2D eigenvalue weighted by molar-refractivity contribution is 5.78. The molecule has 0 radical (unpaired) electrons. The van der Waals surface area contributed by atoms with Crippen LogP contribution in [0.25, 0.3) is 0 Å². The number of ether oxygens (including phenoxy) is 1. The Morgan fingerprint density at radius 1 is 1.39 bits per heavy atom. The molecule has 2 aliphatic rings. The number of carbonyl (C=O) groups excluding carboxylic acids is 1. The number of methoxy groups -OCH3 is 1. The molecule has 1 aliphatic heterocycles. The normalized spacial score (nSPS) is 30.8. The van der Waals surface area contributed by atoms with Gasteiger partial charge < -0.3 is 15.0 Å². The van der Waals surface area contributed by atoms with E-state index in [1.165, 1.54) is 19.3 Å². The highest BCUT2D eigenvalue weighted by Crippen LogP contribution is 2.21. The Morgan fingerprint density at radius 2 is 2.17 bits per heavy atom. The standard InChI is InChI=1S/C14H26N2O2/c1-11(10-16-9-5-8-14(16)17)15-12-6-3-4-7-13(12)18-2/h11-13,15H,3-10H2,1-2H3. The van der Waals surface area contributed by atoms with Crippen LogP contribution in [0.3, 0.4) is 0 Å². The quantitative estimate of drug-likeness (QED) is 0.809. The number of likely N-dealkylation sites (tertiary alicyclic amines) is 1. The summed E-state index contributed by atoms with van der Waals surface area (Å²) in [6.45, 7) is 3.95. The van der Waals surface area contributed by atoms with Crippen molar-refractivity contribution in [1.82, 2.24) is 10.2 Å². The fourth-order valence-corrected chi connectivity index (χ4v) is 3.22. The Balaban J connectivity index is 1.78. The summed E-state index contributed by atoms with van der Waals surface area (Å²) in [6.07, 6.45) is 7.01. The number of hydrogen-bond acceptors (Lipinski definition) is 3. The second kappa shape index (κ2) is 6.53. The second-order valence-electron chi connectivity index (χ2n) is 5.68. The third kappa shape index (κ3) is 3.45. The van der Waals surface area contributed by atoms with Crippen molar-refractivity contribution in [3.05, 3.63) is 0 Å². The maximum atomic E-state index is 11.6. The topological polar surface area (TPSA) is 41.6 Å². The van der Waals surface area contributed by atoms with Crippen LogP contribution in [0.2, 0.25) is 0 Å². The van der Waals surface area contributed by atoms with E-state index in [9.17, 15) is 4.79 Å². The van der Waals surface area contributed by atoms with E-state index >= 15 is 0 Å². The van der Waals surface area contributed by atoms with Gasteiger partial charge in [0.05, 0.1) is 6.10 Å². The summed E-state index contributed by atoms with van der Waals surface area (Å²) in [7, 11) is 1.80. The fraction of sp³-hybridized carbons (Fsp3) is 0.929. The van der Waals surface area contributed by atoms with Gasteiger partial charge in [0.15, 0.2) is 0 Å². The molecule has 4 heteroatoms. The molecule has 1 aliphatic carbocycles. The molecule has 0 bridgehead atoms. The van der Waals surface area contributed by atoms with Gasteiger partial charge in [0.25, 0.3) is 0 Å². The van der Waals surface area contributed by atoms with Crippen LogP contribution in [0.5, 0.6) is 0 Å². The molecule has 104 valence electrons. The molecule has 2 fully saturated rings. The Kier molecular flexibility index (Phi) is 5.01. The smallest absolute Gasteiger partial charge is 0.222 e. The molecular formula is C14H26N2O2. The van der Waals surface area contributed by atoms with Gasteiger partial charge in [-0.1, -0.05) is 12.8 Å². The molecule has 2 rings (SSSR count). The van der Waals surface area contributed by atoms with E-state index in [0.717, 1.165) is 32.4 Å². The summed E-state index contributed by atoms with van der Waals surface area (Å²) in [5.41, 5.74) is 0. The highest BCUT2D eigenvalue weighted by Gasteiger charge is 2.27. The van der Waals surface area contributed by atoms with E-state index in [4.69, 9.17) is 4.74 Å². The maximum absolute atomic E-state index is 11.6. The van der Waals surface area contributed by atoms with Crippen LogP contribution >= 0.6 is 0 Å². The summed E-state index contributed by atoms with van der Waals surface area (Å²) in [5.74, 6) is 0.315. The van der Waals surface area contributed by atoms with Gasteiger partial charge in [-0.2, -0.15) is 0 Å². The summed E-state index contributed by atoms with van der Waals surface area (Å²) >= 11 is 0. The minimum atomic E-state index is 0.315. The van der Waals surface area contributed by atoms with Gasteiger partial charge >= 0.3 is 0 Å². The summed E-state index contributed by atoms with van der Waals surface area (Å²) < 4.78 is 5.55. The van der Waals surface area contributed by atoms with Crippen molar-refractivity contribution in [2.45, 2.75) is 63.6 Å². The molecule has 0 aromatic rings. The van der Waals surface area contributed by atoms with Crippen molar-refractivity contribution in [2.75, 3.05) is 20.2 Å². The van der Waals surface area contributed by atoms with Crippen molar-refractivity contribution in [2.24, 2.45) is 0 Å². The molecule has 0 aromatic heterocycles. The van der Waals surface area contributed by atoms with E-state index in [1.807, 2.05) is 4.90 Å². The number of carbonyl (C=O) groups is 1. The van der Waals surface area contributed by atoms with Crippen LogP contribution in [0, 0.1) is 0 Å². The zero-order chi connectivity index (χ0) is 13.0. The first-order valence-electron chi connectivity index (χ1n) is 7.27. The average Bonchev–Trinajstić information content (AvgIpc) is 2.75. The molecule has 0 spiro atoms. The molecule has 3 unspecified atom stereocenters. The summed E-state index contributed by atoms with van der Waals surface area (Å²) in [5, 5.41) is 3.65. The van der Waals surface area contributed by atoms with Gasteiger partial charge in [0.1, 0.15) is 0 Å². The number of amides is 1. The van der Waals surface area contributed by atoms with Crippen molar-refractivity contribution >= 4 is 5.91 Å². The van der Waals surface area contributed by atoms with Crippen LogP contribution in [0.15, 0.2) is 0 Å². The largest absolute Gasteiger partial charge is 0.380 e. The summed E-state index contributed by atoms with van der Waals surface area (Å²) in [6, 6.07) is 0.809. The third-order valence-corrected chi connectivity index (χ3v) is 4.17. The SMILES string of the molecule is COC1CCCCC1NC(C)CN1CCCC1=O. The molecule has 1 amide bonds. The number of rotatable bonds is 5. The monoisotopic (exact) mass is 254 g/mol. The first-order valence-corrected chi connectivity index (χ1v) is 7.27. The average molecular weight is 254 g/mol. The van der Waals surface area contributed by atoms with Crippen LogP contribution in [-0.4, -0.2) is 49.2 Å². The molecule has 1 saturated heterocycles. The lowest BCUT2D eigenvalue weighted by atomic mass is 9.92. The number of nitrogens with zero attached hydrogens (tertiary/aromatic N) is 1. The van der Waals surface area contributed by atoms with Crippen molar-refractivity contribution < 1.29 is 9.53 Å². The Hall–Kier alpha value is -0.610. The second-order valence-corrected chi connectivity index (χ2v) is 5.68. The fourth-order valence-electron chi connectivity index (χ4n) is 3.22. The number of nitrogens with one attached hydrogen (secondary N) is 1. The van der Waals surface area contributed by atoms with Crippen LogP contribution in [0.4, 0.5) is 0 Å². The molecule has 18 heavy (non-hydrogen) atoms. The van der Waals surface area contributed by atoms with E-state index in [0.29, 0.717) is 24.1 Å². The van der Waals surface area contributed by atoms with E-state index in [-0.39, 0.29) is 0 Å². The van der Waals surface area contributed by atoms with Crippen molar-refractivity contribution in [3.8, 4) is 0 Å². The van der Waals surface area contributed by atoms with E-state index in [2.05, 4.69) is 12.2 Å². The third-order valence-electron chi connectivity index (χ3n) is 4.17. The minimum absolute atomic E-state index is 0.315. The summed E-state index contributed by atoms with van der Waals surface area (Å²) in [4.78, 5) is 13.6. The van der Waals surface area contributed by atoms with Gasteiger partial charge in [-0.25, -0.2) is 0 Å². The predicted octanol–water partition coefficient (Wildman–Crippen LogP) is 1.54. The van der Waals surface area contributed by atoms with E-state index in [1.54, 1.807) is 7.11 Å².